The number of nitrogens with one attached hydrogen (secondary N) is 1. The highest BCUT2D eigenvalue weighted by Crippen LogP contribution is 2.66. The minimum absolute atomic E-state index is 0.00668. The second-order valence-electron chi connectivity index (χ2n) is 8.04. The zero-order valence-electron chi connectivity index (χ0n) is 16.8. The summed E-state index contributed by atoms with van der Waals surface area (Å²) in [6.45, 7) is 3.11. The standard InChI is InChI=1S/C20H22ClFN4O4S/c1-19(2)18(23)26-20(10-30-9-16(20)31(19,28)29)13-7-12(4-5-14(13)22)25-17(27)15-6-3-11(21)8-24-15/h3-8,16,28-29H,9-10H2,1-2H3,(H2,23,26)(H,25,27)/t16-,20+/m1/s1. The molecule has 0 spiro atoms. The molecule has 1 saturated heterocycles. The molecule has 8 nitrogen and oxygen atoms in total. The van der Waals surface area contributed by atoms with Gasteiger partial charge in [0.2, 0.25) is 0 Å². The number of anilines is 1. The number of aromatic nitrogens is 1. The predicted molar refractivity (Wildman–Crippen MR) is 118 cm³/mol. The van der Waals surface area contributed by atoms with E-state index in [1.54, 1.807) is 13.8 Å². The molecule has 0 radical (unpaired) electrons. The largest absolute Gasteiger partial charge is 0.386 e. The van der Waals surface area contributed by atoms with Crippen molar-refractivity contribution < 1.29 is 23.0 Å². The number of carbonyl (C=O) groups is 1. The van der Waals surface area contributed by atoms with E-state index in [2.05, 4.69) is 15.3 Å². The number of hydrogen-bond donors (Lipinski definition) is 4. The Balaban J connectivity index is 1.75. The van der Waals surface area contributed by atoms with Crippen LogP contribution in [-0.4, -0.2) is 49.0 Å². The van der Waals surface area contributed by atoms with Gasteiger partial charge in [0, 0.05) is 17.4 Å². The minimum Gasteiger partial charge on any atom is -0.386 e. The van der Waals surface area contributed by atoms with Crippen LogP contribution in [0.15, 0.2) is 41.5 Å². The topological polar surface area (TPSA) is 130 Å². The Morgan fingerprint density at radius 1 is 1.35 bits per heavy atom. The van der Waals surface area contributed by atoms with E-state index in [0.717, 1.165) is 0 Å². The summed E-state index contributed by atoms with van der Waals surface area (Å²) in [5, 5.41) is 2.16. The lowest BCUT2D eigenvalue weighted by atomic mass is 9.87. The number of amidine groups is 1. The number of nitrogens with zero attached hydrogens (tertiary/aromatic N) is 2. The summed E-state index contributed by atoms with van der Waals surface area (Å²) < 4.78 is 41.4. The van der Waals surface area contributed by atoms with Gasteiger partial charge < -0.3 is 15.8 Å². The van der Waals surface area contributed by atoms with Gasteiger partial charge in [-0.2, -0.15) is 10.6 Å². The third-order valence-electron chi connectivity index (χ3n) is 5.86. The molecule has 1 amide bonds. The molecule has 1 aromatic heterocycles. The van der Waals surface area contributed by atoms with E-state index in [9.17, 15) is 13.9 Å². The second kappa shape index (κ2) is 7.42. The molecule has 3 heterocycles. The fourth-order valence-corrected chi connectivity index (χ4v) is 6.09. The highest BCUT2D eigenvalue weighted by atomic mass is 35.5. The van der Waals surface area contributed by atoms with E-state index in [4.69, 9.17) is 22.1 Å². The van der Waals surface area contributed by atoms with Crippen molar-refractivity contribution in [3.05, 3.63) is 58.6 Å². The molecule has 1 fully saturated rings. The summed E-state index contributed by atoms with van der Waals surface area (Å²) in [5.41, 5.74) is 5.17. The van der Waals surface area contributed by atoms with E-state index in [-0.39, 0.29) is 36.0 Å². The van der Waals surface area contributed by atoms with Crippen LogP contribution in [-0.2, 0) is 10.3 Å². The molecule has 0 unspecified atom stereocenters. The molecule has 5 N–H and O–H groups in total. The Labute approximate surface area is 185 Å². The van der Waals surface area contributed by atoms with Gasteiger partial charge in [0.25, 0.3) is 5.91 Å². The maximum atomic E-state index is 15.0. The summed E-state index contributed by atoms with van der Waals surface area (Å²) in [5.74, 6) is -1.12. The normalized spacial score (nSPS) is 27.2. The number of carbonyl (C=O) groups excluding carboxylic acids is 1. The summed E-state index contributed by atoms with van der Waals surface area (Å²) in [7, 11) is -3.35. The highest BCUT2D eigenvalue weighted by Gasteiger charge is 2.61. The van der Waals surface area contributed by atoms with Gasteiger partial charge in [-0.05, 0) is 44.2 Å². The summed E-state index contributed by atoms with van der Waals surface area (Å²) >= 11 is 5.80. The molecule has 4 rings (SSSR count). The van der Waals surface area contributed by atoms with E-state index < -0.39 is 37.9 Å². The zero-order chi connectivity index (χ0) is 22.6. The number of nitrogens with two attached hydrogens (primary N) is 1. The number of rotatable bonds is 3. The Bertz CT molecular complexity index is 1080. The van der Waals surface area contributed by atoms with Gasteiger partial charge in [-0.3, -0.25) is 18.9 Å². The molecule has 2 aromatic rings. The summed E-state index contributed by atoms with van der Waals surface area (Å²) in [6.07, 6.45) is 1.35. The van der Waals surface area contributed by atoms with Crippen LogP contribution < -0.4 is 11.1 Å². The lowest BCUT2D eigenvalue weighted by molar-refractivity contribution is 0.102. The third-order valence-corrected chi connectivity index (χ3v) is 9.11. The molecular weight excluding hydrogens is 447 g/mol. The summed E-state index contributed by atoms with van der Waals surface area (Å²) in [6, 6.07) is 6.99. The van der Waals surface area contributed by atoms with Crippen molar-refractivity contribution in [1.82, 2.24) is 4.98 Å². The van der Waals surface area contributed by atoms with Crippen LogP contribution in [0.4, 0.5) is 10.1 Å². The van der Waals surface area contributed by atoms with Crippen LogP contribution in [0, 0.1) is 5.82 Å². The lowest BCUT2D eigenvalue weighted by Gasteiger charge is -2.56. The first kappa shape index (κ1) is 22.0. The van der Waals surface area contributed by atoms with Gasteiger partial charge in [0.1, 0.15) is 32.9 Å². The zero-order valence-corrected chi connectivity index (χ0v) is 18.4. The number of pyridine rings is 1. The van der Waals surface area contributed by atoms with Gasteiger partial charge in [0.15, 0.2) is 0 Å². The van der Waals surface area contributed by atoms with Crippen molar-refractivity contribution in [2.24, 2.45) is 10.7 Å². The summed E-state index contributed by atoms with van der Waals surface area (Å²) in [4.78, 5) is 21.0. The van der Waals surface area contributed by atoms with Crippen molar-refractivity contribution in [2.75, 3.05) is 18.5 Å². The van der Waals surface area contributed by atoms with Crippen LogP contribution in [0.3, 0.4) is 0 Å². The van der Waals surface area contributed by atoms with Crippen LogP contribution in [0.2, 0.25) is 5.02 Å². The number of ether oxygens (including phenoxy) is 1. The first-order valence-electron chi connectivity index (χ1n) is 9.42. The maximum absolute atomic E-state index is 15.0. The maximum Gasteiger partial charge on any atom is 0.274 e. The molecule has 11 heteroatoms. The Morgan fingerprint density at radius 2 is 2.10 bits per heavy atom. The molecular formula is C20H22ClFN4O4S. The van der Waals surface area contributed by atoms with Gasteiger partial charge >= 0.3 is 0 Å². The Kier molecular flexibility index (Phi) is 5.26. The number of halogens is 2. The van der Waals surface area contributed by atoms with Gasteiger partial charge in [-0.25, -0.2) is 9.37 Å². The van der Waals surface area contributed by atoms with Crippen LogP contribution >= 0.6 is 22.2 Å². The number of aliphatic imine (C=N–C) groups is 1. The first-order valence-corrected chi connectivity index (χ1v) is 11.4. The molecule has 166 valence electrons. The molecule has 2 atom stereocenters. The number of fused-ring (bicyclic) bond motifs is 1. The monoisotopic (exact) mass is 468 g/mol. The van der Waals surface area contributed by atoms with Gasteiger partial charge in [-0.1, -0.05) is 11.6 Å². The average Bonchev–Trinajstić information content (AvgIpc) is 3.14. The van der Waals surface area contributed by atoms with Crippen molar-refractivity contribution in [3.63, 3.8) is 0 Å². The van der Waals surface area contributed by atoms with E-state index in [1.165, 1.54) is 36.5 Å². The van der Waals surface area contributed by atoms with Crippen LogP contribution in [0.5, 0.6) is 0 Å². The first-order chi connectivity index (χ1) is 14.5. The minimum atomic E-state index is -3.35. The number of hydrogen-bond acceptors (Lipinski definition) is 7. The fraction of sp³-hybridized carbons (Fsp3) is 0.350. The molecule has 0 saturated carbocycles. The van der Waals surface area contributed by atoms with Crippen molar-refractivity contribution in [2.45, 2.75) is 29.4 Å². The molecule has 2 aliphatic heterocycles. The average molecular weight is 469 g/mol. The molecule has 1 aromatic carbocycles. The van der Waals surface area contributed by atoms with Gasteiger partial charge in [0.05, 0.1) is 18.2 Å². The van der Waals surface area contributed by atoms with Crippen LogP contribution in [0.1, 0.15) is 29.9 Å². The second-order valence-corrected chi connectivity index (χ2v) is 11.3. The van der Waals surface area contributed by atoms with Crippen molar-refractivity contribution >= 4 is 39.6 Å². The highest BCUT2D eigenvalue weighted by molar-refractivity contribution is 8.26. The number of benzene rings is 1. The van der Waals surface area contributed by atoms with E-state index >= 15 is 4.39 Å². The molecule has 2 aliphatic rings. The lowest BCUT2D eigenvalue weighted by Crippen LogP contribution is -2.57. The van der Waals surface area contributed by atoms with Gasteiger partial charge in [-0.15, -0.1) is 0 Å². The number of amides is 1. The molecule has 31 heavy (non-hydrogen) atoms. The molecule has 0 aliphatic carbocycles. The quantitative estimate of drug-likeness (QED) is 0.544. The van der Waals surface area contributed by atoms with Crippen molar-refractivity contribution in [3.8, 4) is 0 Å². The predicted octanol–water partition coefficient (Wildman–Crippen LogP) is 3.62. The van der Waals surface area contributed by atoms with Crippen molar-refractivity contribution in [1.29, 1.82) is 0 Å². The Morgan fingerprint density at radius 3 is 2.77 bits per heavy atom. The van der Waals surface area contributed by atoms with E-state index in [1.807, 2.05) is 0 Å². The fourth-order valence-electron chi connectivity index (χ4n) is 3.83. The third kappa shape index (κ3) is 3.39. The SMILES string of the molecule is CC1(C)C(N)=N[C@]2(c3cc(NC(=O)c4ccc(Cl)cn4)ccc3F)COC[C@H]2S1(O)O. The van der Waals surface area contributed by atoms with E-state index in [0.29, 0.717) is 5.02 Å². The Hall–Kier alpha value is -2.24. The smallest absolute Gasteiger partial charge is 0.274 e. The molecule has 0 bridgehead atoms. The van der Waals surface area contributed by atoms with Crippen LogP contribution in [0.25, 0.3) is 0 Å².